The Kier molecular flexibility index (Phi) is 5.06. The molecule has 0 fully saturated rings. The third-order valence-electron chi connectivity index (χ3n) is 3.90. The van der Waals surface area contributed by atoms with E-state index in [1.165, 1.54) is 11.1 Å². The van der Waals surface area contributed by atoms with Gasteiger partial charge in [0.05, 0.1) is 0 Å². The lowest BCUT2D eigenvalue weighted by atomic mass is 10.2. The van der Waals surface area contributed by atoms with E-state index in [4.69, 9.17) is 0 Å². The Bertz CT molecular complexity index is 769. The lowest BCUT2D eigenvalue weighted by molar-refractivity contribution is 0.810. The molecule has 0 saturated carbocycles. The number of aromatic nitrogens is 2. The third kappa shape index (κ3) is 4.10. The molecule has 122 valence electrons. The van der Waals surface area contributed by atoms with E-state index in [2.05, 4.69) is 82.6 Å². The average Bonchev–Trinajstić information content (AvgIpc) is 2.63. The molecule has 0 aliphatic carbocycles. The molecule has 0 radical (unpaired) electrons. The summed E-state index contributed by atoms with van der Waals surface area (Å²) in [4.78, 5) is 11.0. The zero-order chi connectivity index (χ0) is 16.8. The first kappa shape index (κ1) is 16.0. The first-order valence-corrected chi connectivity index (χ1v) is 8.19. The summed E-state index contributed by atoms with van der Waals surface area (Å²) in [5.41, 5.74) is 3.53. The van der Waals surface area contributed by atoms with Crippen molar-refractivity contribution < 1.29 is 0 Å². The Morgan fingerprint density at radius 1 is 0.958 bits per heavy atom. The Labute approximate surface area is 143 Å². The largest absolute Gasteiger partial charge is 0.352 e. The van der Waals surface area contributed by atoms with Gasteiger partial charge in [-0.05, 0) is 31.5 Å². The Morgan fingerprint density at radius 2 is 1.71 bits per heavy atom. The van der Waals surface area contributed by atoms with Crippen molar-refractivity contribution in [1.29, 1.82) is 0 Å². The van der Waals surface area contributed by atoms with Gasteiger partial charge in [0, 0.05) is 24.8 Å². The van der Waals surface area contributed by atoms with Crippen LogP contribution in [0, 0.1) is 6.92 Å². The van der Waals surface area contributed by atoms with Crippen LogP contribution in [-0.2, 0) is 6.54 Å². The smallest absolute Gasteiger partial charge is 0.135 e. The van der Waals surface area contributed by atoms with E-state index in [-0.39, 0.29) is 0 Å². The van der Waals surface area contributed by atoms with E-state index in [0.717, 1.165) is 30.4 Å². The highest BCUT2D eigenvalue weighted by Gasteiger charge is 2.08. The number of anilines is 3. The standard InChI is InChI=1S/C20H22N4/c1-3-24(14-17-7-5-4-6-8-17)20-13-19(21-15-22-20)23-18-11-9-16(2)10-12-18/h4-13,15H,3,14H2,1-2H3,(H,21,22,23). The molecule has 3 rings (SSSR count). The molecule has 0 unspecified atom stereocenters. The van der Waals surface area contributed by atoms with Crippen molar-refractivity contribution in [3.63, 3.8) is 0 Å². The number of benzene rings is 2. The molecule has 4 heteroatoms. The van der Waals surface area contributed by atoms with Gasteiger partial charge in [-0.15, -0.1) is 0 Å². The second-order valence-electron chi connectivity index (χ2n) is 5.75. The number of hydrogen-bond acceptors (Lipinski definition) is 4. The molecular formula is C20H22N4. The number of nitrogens with one attached hydrogen (secondary N) is 1. The molecule has 4 nitrogen and oxygen atoms in total. The second-order valence-corrected chi connectivity index (χ2v) is 5.75. The third-order valence-corrected chi connectivity index (χ3v) is 3.90. The van der Waals surface area contributed by atoms with Crippen LogP contribution >= 0.6 is 0 Å². The SMILES string of the molecule is CCN(Cc1ccccc1)c1cc(Nc2ccc(C)cc2)ncn1. The van der Waals surface area contributed by atoms with Crippen LogP contribution in [0.4, 0.5) is 17.3 Å². The monoisotopic (exact) mass is 318 g/mol. The van der Waals surface area contributed by atoms with Crippen LogP contribution in [0.2, 0.25) is 0 Å². The van der Waals surface area contributed by atoms with Crippen LogP contribution in [0.25, 0.3) is 0 Å². The molecular weight excluding hydrogens is 296 g/mol. The molecule has 0 saturated heterocycles. The summed E-state index contributed by atoms with van der Waals surface area (Å²) in [5.74, 6) is 1.72. The van der Waals surface area contributed by atoms with Crippen molar-refractivity contribution in [3.8, 4) is 0 Å². The van der Waals surface area contributed by atoms with Gasteiger partial charge in [-0.25, -0.2) is 9.97 Å². The molecule has 3 aromatic rings. The van der Waals surface area contributed by atoms with Crippen LogP contribution in [-0.4, -0.2) is 16.5 Å². The normalized spacial score (nSPS) is 10.4. The Hall–Kier alpha value is -2.88. The fourth-order valence-corrected chi connectivity index (χ4v) is 2.53. The lowest BCUT2D eigenvalue weighted by Crippen LogP contribution is -2.23. The minimum Gasteiger partial charge on any atom is -0.352 e. The number of hydrogen-bond donors (Lipinski definition) is 1. The maximum atomic E-state index is 4.44. The highest BCUT2D eigenvalue weighted by molar-refractivity contribution is 5.59. The van der Waals surface area contributed by atoms with Crippen molar-refractivity contribution >= 4 is 17.3 Å². The maximum absolute atomic E-state index is 4.44. The summed E-state index contributed by atoms with van der Waals surface area (Å²) in [6, 6.07) is 20.7. The van der Waals surface area contributed by atoms with Crippen LogP contribution in [0.3, 0.4) is 0 Å². The van der Waals surface area contributed by atoms with E-state index in [9.17, 15) is 0 Å². The molecule has 24 heavy (non-hydrogen) atoms. The topological polar surface area (TPSA) is 41.0 Å². The van der Waals surface area contributed by atoms with Crippen LogP contribution < -0.4 is 10.2 Å². The van der Waals surface area contributed by atoms with Gasteiger partial charge in [0.15, 0.2) is 0 Å². The van der Waals surface area contributed by atoms with E-state index in [1.54, 1.807) is 6.33 Å². The van der Waals surface area contributed by atoms with Crippen molar-refractivity contribution in [2.75, 3.05) is 16.8 Å². The summed E-state index contributed by atoms with van der Waals surface area (Å²) in [7, 11) is 0. The minimum absolute atomic E-state index is 0.801. The molecule has 1 heterocycles. The quantitative estimate of drug-likeness (QED) is 0.723. The van der Waals surface area contributed by atoms with Gasteiger partial charge < -0.3 is 10.2 Å². The van der Waals surface area contributed by atoms with E-state index in [1.807, 2.05) is 12.1 Å². The molecule has 1 N–H and O–H groups in total. The fourth-order valence-electron chi connectivity index (χ4n) is 2.53. The summed E-state index contributed by atoms with van der Waals surface area (Å²) >= 11 is 0. The zero-order valence-corrected chi connectivity index (χ0v) is 14.1. The zero-order valence-electron chi connectivity index (χ0n) is 14.1. The van der Waals surface area contributed by atoms with Gasteiger partial charge in [-0.3, -0.25) is 0 Å². The van der Waals surface area contributed by atoms with Crippen LogP contribution in [0.5, 0.6) is 0 Å². The average molecular weight is 318 g/mol. The van der Waals surface area contributed by atoms with Crippen LogP contribution in [0.1, 0.15) is 18.1 Å². The summed E-state index contributed by atoms with van der Waals surface area (Å²) in [6.07, 6.45) is 1.61. The van der Waals surface area contributed by atoms with Gasteiger partial charge >= 0.3 is 0 Å². The van der Waals surface area contributed by atoms with Crippen molar-refractivity contribution in [1.82, 2.24) is 9.97 Å². The predicted molar refractivity (Wildman–Crippen MR) is 99.7 cm³/mol. The van der Waals surface area contributed by atoms with Gasteiger partial charge in [0.1, 0.15) is 18.0 Å². The van der Waals surface area contributed by atoms with Gasteiger partial charge in [-0.1, -0.05) is 48.0 Å². The highest BCUT2D eigenvalue weighted by Crippen LogP contribution is 2.20. The second kappa shape index (κ2) is 7.59. The minimum atomic E-state index is 0.801. The molecule has 0 atom stereocenters. The predicted octanol–water partition coefficient (Wildman–Crippen LogP) is 4.56. The van der Waals surface area contributed by atoms with Crippen molar-refractivity contribution in [2.45, 2.75) is 20.4 Å². The molecule has 2 aromatic carbocycles. The van der Waals surface area contributed by atoms with Crippen LogP contribution in [0.15, 0.2) is 67.0 Å². The summed E-state index contributed by atoms with van der Waals surface area (Å²) < 4.78 is 0. The van der Waals surface area contributed by atoms with Crippen molar-refractivity contribution in [3.05, 3.63) is 78.1 Å². The summed E-state index contributed by atoms with van der Waals surface area (Å²) in [5, 5.41) is 3.34. The molecule has 1 aromatic heterocycles. The first-order valence-electron chi connectivity index (χ1n) is 8.19. The first-order chi connectivity index (χ1) is 11.7. The van der Waals surface area contributed by atoms with Gasteiger partial charge in [0.2, 0.25) is 0 Å². The van der Waals surface area contributed by atoms with E-state index < -0.39 is 0 Å². The molecule has 0 aliphatic rings. The maximum Gasteiger partial charge on any atom is 0.135 e. The van der Waals surface area contributed by atoms with E-state index in [0.29, 0.717) is 0 Å². The fraction of sp³-hybridized carbons (Fsp3) is 0.200. The number of rotatable bonds is 6. The molecule has 0 aliphatic heterocycles. The molecule has 0 amide bonds. The number of aryl methyl sites for hydroxylation is 1. The Morgan fingerprint density at radius 3 is 2.42 bits per heavy atom. The Balaban J connectivity index is 1.76. The number of nitrogens with zero attached hydrogens (tertiary/aromatic N) is 3. The van der Waals surface area contributed by atoms with Crippen molar-refractivity contribution in [2.24, 2.45) is 0 Å². The molecule has 0 bridgehead atoms. The molecule has 0 spiro atoms. The van der Waals surface area contributed by atoms with Gasteiger partial charge in [0.25, 0.3) is 0 Å². The van der Waals surface area contributed by atoms with Gasteiger partial charge in [-0.2, -0.15) is 0 Å². The highest BCUT2D eigenvalue weighted by atomic mass is 15.2. The summed E-state index contributed by atoms with van der Waals surface area (Å²) in [6.45, 7) is 5.93. The lowest BCUT2D eigenvalue weighted by Gasteiger charge is -2.22. The van der Waals surface area contributed by atoms with E-state index >= 15 is 0 Å².